The van der Waals surface area contributed by atoms with Crippen molar-refractivity contribution >= 4 is 11.8 Å². The van der Waals surface area contributed by atoms with Crippen LogP contribution in [0.25, 0.3) is 0 Å². The Morgan fingerprint density at radius 1 is 1.26 bits per heavy atom. The number of nitrogens with one attached hydrogen (secondary N) is 1. The summed E-state index contributed by atoms with van der Waals surface area (Å²) in [6.07, 6.45) is 4.13. The summed E-state index contributed by atoms with van der Waals surface area (Å²) in [6.45, 7) is 8.72. The van der Waals surface area contributed by atoms with Crippen molar-refractivity contribution in [1.29, 1.82) is 0 Å². The fourth-order valence-corrected chi connectivity index (χ4v) is 2.96. The average Bonchev–Trinajstić information content (AvgIpc) is 2.35. The molecule has 1 N–H and O–H groups in total. The SMILES string of the molecule is CC(C1CCC1)N1CCC(=O)NC(C(C)(C)C)C1=O. The van der Waals surface area contributed by atoms with Gasteiger partial charge in [-0.05, 0) is 31.1 Å². The van der Waals surface area contributed by atoms with Crippen molar-refractivity contribution in [3.8, 4) is 0 Å². The molecule has 0 aromatic heterocycles. The molecular formula is C15H26N2O2. The molecule has 4 heteroatoms. The summed E-state index contributed by atoms with van der Waals surface area (Å²) < 4.78 is 0. The molecule has 2 aliphatic rings. The highest BCUT2D eigenvalue weighted by atomic mass is 16.2. The Hall–Kier alpha value is -1.06. The zero-order chi connectivity index (χ0) is 14.2. The molecule has 0 radical (unpaired) electrons. The van der Waals surface area contributed by atoms with Crippen LogP contribution in [0.15, 0.2) is 0 Å². The van der Waals surface area contributed by atoms with Gasteiger partial charge < -0.3 is 10.2 Å². The maximum atomic E-state index is 12.7. The van der Waals surface area contributed by atoms with E-state index in [0.29, 0.717) is 18.9 Å². The molecule has 108 valence electrons. The third kappa shape index (κ3) is 2.93. The van der Waals surface area contributed by atoms with Crippen LogP contribution in [0.5, 0.6) is 0 Å². The van der Waals surface area contributed by atoms with E-state index >= 15 is 0 Å². The van der Waals surface area contributed by atoms with Crippen molar-refractivity contribution in [3.63, 3.8) is 0 Å². The lowest BCUT2D eigenvalue weighted by Crippen LogP contribution is -2.55. The molecule has 2 unspecified atom stereocenters. The van der Waals surface area contributed by atoms with Gasteiger partial charge in [0.05, 0.1) is 0 Å². The Morgan fingerprint density at radius 2 is 1.89 bits per heavy atom. The molecule has 2 rings (SSSR count). The van der Waals surface area contributed by atoms with Crippen LogP contribution in [0.4, 0.5) is 0 Å². The maximum absolute atomic E-state index is 12.7. The first kappa shape index (κ1) is 14.4. The van der Waals surface area contributed by atoms with Gasteiger partial charge in [0, 0.05) is 19.0 Å². The van der Waals surface area contributed by atoms with E-state index in [1.165, 1.54) is 19.3 Å². The topological polar surface area (TPSA) is 49.4 Å². The first-order valence-corrected chi connectivity index (χ1v) is 7.40. The Bertz CT molecular complexity index is 369. The second-order valence-corrected chi connectivity index (χ2v) is 7.08. The van der Waals surface area contributed by atoms with Crippen molar-refractivity contribution in [3.05, 3.63) is 0 Å². The largest absolute Gasteiger partial charge is 0.344 e. The van der Waals surface area contributed by atoms with Crippen molar-refractivity contribution in [2.45, 2.75) is 65.5 Å². The van der Waals surface area contributed by atoms with Gasteiger partial charge in [0.25, 0.3) is 0 Å². The van der Waals surface area contributed by atoms with Crippen molar-refractivity contribution in [2.75, 3.05) is 6.54 Å². The van der Waals surface area contributed by atoms with E-state index in [9.17, 15) is 9.59 Å². The van der Waals surface area contributed by atoms with Gasteiger partial charge in [0.1, 0.15) is 6.04 Å². The van der Waals surface area contributed by atoms with E-state index in [0.717, 1.165) is 0 Å². The average molecular weight is 266 g/mol. The number of amides is 2. The fourth-order valence-electron chi connectivity index (χ4n) is 2.96. The summed E-state index contributed by atoms with van der Waals surface area (Å²) in [7, 11) is 0. The minimum Gasteiger partial charge on any atom is -0.344 e. The van der Waals surface area contributed by atoms with E-state index < -0.39 is 6.04 Å². The molecular weight excluding hydrogens is 240 g/mol. The molecule has 1 aliphatic heterocycles. The highest BCUT2D eigenvalue weighted by Crippen LogP contribution is 2.33. The summed E-state index contributed by atoms with van der Waals surface area (Å²) in [5.41, 5.74) is -0.241. The molecule has 2 amide bonds. The summed E-state index contributed by atoms with van der Waals surface area (Å²) in [5, 5.41) is 2.90. The number of carbonyl (C=O) groups is 2. The third-order valence-electron chi connectivity index (χ3n) is 4.60. The zero-order valence-electron chi connectivity index (χ0n) is 12.5. The number of nitrogens with zero attached hydrogens (tertiary/aromatic N) is 1. The molecule has 1 aliphatic carbocycles. The molecule has 0 bridgehead atoms. The van der Waals surface area contributed by atoms with Crippen LogP contribution in [0, 0.1) is 11.3 Å². The molecule has 0 aromatic rings. The molecule has 0 aromatic carbocycles. The quantitative estimate of drug-likeness (QED) is 0.830. The number of hydrogen-bond donors (Lipinski definition) is 1. The number of rotatable bonds is 2. The van der Waals surface area contributed by atoms with E-state index in [1.807, 2.05) is 25.7 Å². The minimum atomic E-state index is -0.398. The lowest BCUT2D eigenvalue weighted by molar-refractivity contribution is -0.139. The van der Waals surface area contributed by atoms with E-state index in [4.69, 9.17) is 0 Å². The Kier molecular flexibility index (Phi) is 3.88. The van der Waals surface area contributed by atoms with E-state index in [1.54, 1.807) is 0 Å². The molecule has 1 saturated heterocycles. The van der Waals surface area contributed by atoms with Crippen molar-refractivity contribution in [2.24, 2.45) is 11.3 Å². The molecule has 4 nitrogen and oxygen atoms in total. The van der Waals surface area contributed by atoms with Crippen LogP contribution in [-0.4, -0.2) is 35.3 Å². The molecule has 2 atom stereocenters. The third-order valence-corrected chi connectivity index (χ3v) is 4.60. The van der Waals surface area contributed by atoms with E-state index in [2.05, 4.69) is 12.2 Å². The molecule has 0 spiro atoms. The summed E-state index contributed by atoms with van der Waals surface area (Å²) in [4.78, 5) is 26.5. The van der Waals surface area contributed by atoms with Gasteiger partial charge in [-0.15, -0.1) is 0 Å². The van der Waals surface area contributed by atoms with Crippen LogP contribution < -0.4 is 5.32 Å². The van der Waals surface area contributed by atoms with Crippen LogP contribution in [0.3, 0.4) is 0 Å². The van der Waals surface area contributed by atoms with Crippen molar-refractivity contribution in [1.82, 2.24) is 10.2 Å². The molecule has 19 heavy (non-hydrogen) atoms. The van der Waals surface area contributed by atoms with Gasteiger partial charge in [-0.25, -0.2) is 0 Å². The highest BCUT2D eigenvalue weighted by Gasteiger charge is 2.41. The molecule has 2 fully saturated rings. The monoisotopic (exact) mass is 266 g/mol. The molecule has 1 heterocycles. The Labute approximate surface area is 115 Å². The van der Waals surface area contributed by atoms with Gasteiger partial charge in [-0.2, -0.15) is 0 Å². The first-order chi connectivity index (χ1) is 8.80. The number of hydrogen-bond acceptors (Lipinski definition) is 2. The Morgan fingerprint density at radius 3 is 2.37 bits per heavy atom. The normalized spacial score (nSPS) is 27.6. The van der Waals surface area contributed by atoms with Gasteiger partial charge in [-0.1, -0.05) is 27.2 Å². The van der Waals surface area contributed by atoms with Gasteiger partial charge in [0.2, 0.25) is 11.8 Å². The lowest BCUT2D eigenvalue weighted by atomic mass is 9.79. The van der Waals surface area contributed by atoms with Crippen LogP contribution in [0.2, 0.25) is 0 Å². The zero-order valence-corrected chi connectivity index (χ0v) is 12.5. The molecule has 1 saturated carbocycles. The summed E-state index contributed by atoms with van der Waals surface area (Å²) in [6, 6.07) is -0.135. The predicted molar refractivity (Wildman–Crippen MR) is 74.5 cm³/mol. The van der Waals surface area contributed by atoms with Gasteiger partial charge >= 0.3 is 0 Å². The summed E-state index contributed by atoms with van der Waals surface area (Å²) >= 11 is 0. The van der Waals surface area contributed by atoms with E-state index in [-0.39, 0.29) is 23.3 Å². The minimum absolute atomic E-state index is 0.00316. The predicted octanol–water partition coefficient (Wildman–Crippen LogP) is 1.94. The standard InChI is InChI=1S/C15H26N2O2/c1-10(11-6-5-7-11)17-9-8-12(18)16-13(14(17)19)15(2,3)4/h10-11,13H,5-9H2,1-4H3,(H,16,18). The second-order valence-electron chi connectivity index (χ2n) is 7.08. The second kappa shape index (κ2) is 5.14. The van der Waals surface area contributed by atoms with Gasteiger partial charge in [-0.3, -0.25) is 9.59 Å². The lowest BCUT2D eigenvalue weighted by Gasteiger charge is -2.41. The maximum Gasteiger partial charge on any atom is 0.245 e. The highest BCUT2D eigenvalue weighted by molar-refractivity contribution is 5.90. The van der Waals surface area contributed by atoms with Crippen molar-refractivity contribution < 1.29 is 9.59 Å². The van der Waals surface area contributed by atoms with Gasteiger partial charge in [0.15, 0.2) is 0 Å². The summed E-state index contributed by atoms with van der Waals surface area (Å²) in [5.74, 6) is 0.715. The smallest absolute Gasteiger partial charge is 0.245 e. The van der Waals surface area contributed by atoms with Crippen LogP contribution >= 0.6 is 0 Å². The fraction of sp³-hybridized carbons (Fsp3) is 0.867. The van der Waals surface area contributed by atoms with Crippen LogP contribution in [0.1, 0.15) is 53.4 Å². The number of carbonyl (C=O) groups excluding carboxylic acids is 2. The van der Waals surface area contributed by atoms with Crippen LogP contribution in [-0.2, 0) is 9.59 Å². The Balaban J connectivity index is 2.18. The first-order valence-electron chi connectivity index (χ1n) is 7.40.